The molecule has 2 fully saturated rings. The van der Waals surface area contributed by atoms with Gasteiger partial charge in [0.2, 0.25) is 5.91 Å². The van der Waals surface area contributed by atoms with Crippen LogP contribution in [0, 0.1) is 5.92 Å². The number of hydrogen-bond donors (Lipinski definition) is 0. The molecule has 3 atom stereocenters. The van der Waals surface area contributed by atoms with Gasteiger partial charge in [-0.1, -0.05) is 6.07 Å². The lowest BCUT2D eigenvalue weighted by molar-refractivity contribution is -0.168. The monoisotopic (exact) mass is 252 g/mol. The fourth-order valence-corrected chi connectivity index (χ4v) is 3.41. The molecule has 6 heteroatoms. The van der Waals surface area contributed by atoms with Gasteiger partial charge < -0.3 is 0 Å². The van der Waals surface area contributed by atoms with E-state index in [1.165, 1.54) is 11.9 Å². The first-order valence-electron chi connectivity index (χ1n) is 5.35. The molecule has 90 valence electrons. The van der Waals surface area contributed by atoms with Crippen molar-refractivity contribution < 1.29 is 14.4 Å². The zero-order valence-corrected chi connectivity index (χ0v) is 10.3. The highest BCUT2D eigenvalue weighted by Crippen LogP contribution is 2.44. The molecule has 0 radical (unpaired) electrons. The molecule has 0 bridgehead atoms. The molecule has 1 aromatic rings. The minimum atomic E-state index is -0.649. The zero-order chi connectivity index (χ0) is 12.2. The molecule has 2 amide bonds. The van der Waals surface area contributed by atoms with E-state index in [0.29, 0.717) is 0 Å². The third kappa shape index (κ3) is 1.38. The normalized spacial score (nSPS) is 33.5. The standard InChI is InChI=1S/C11H12N2O3S/c1-12-10(14)7-8(6-4-3-5-17-6)13(2)16-9(7)11(12)15/h3-5,7-9H,1-2H3/t7-,8-,9+/m1/s1. The Morgan fingerprint density at radius 1 is 1.29 bits per heavy atom. The van der Waals surface area contributed by atoms with Gasteiger partial charge in [0.25, 0.3) is 5.91 Å². The predicted octanol–water partition coefficient (Wildman–Crippen LogP) is 0.650. The number of fused-ring (bicyclic) bond motifs is 1. The molecule has 2 aliphatic heterocycles. The van der Waals surface area contributed by atoms with Crippen LogP contribution < -0.4 is 0 Å². The van der Waals surface area contributed by atoms with Gasteiger partial charge in [-0.25, -0.2) is 0 Å². The van der Waals surface area contributed by atoms with Crippen LogP contribution in [-0.4, -0.2) is 42.0 Å². The van der Waals surface area contributed by atoms with Gasteiger partial charge in [0.15, 0.2) is 6.10 Å². The number of likely N-dealkylation sites (N-methyl/N-ethyl adjacent to an activating group) is 1. The van der Waals surface area contributed by atoms with E-state index >= 15 is 0 Å². The van der Waals surface area contributed by atoms with E-state index < -0.39 is 12.0 Å². The van der Waals surface area contributed by atoms with Crippen LogP contribution in [0.4, 0.5) is 0 Å². The summed E-state index contributed by atoms with van der Waals surface area (Å²) in [5.74, 6) is -0.801. The number of hydrogen-bond acceptors (Lipinski definition) is 5. The SMILES string of the molecule is CN1C(=O)[C@H]2[C@H](ON(C)[C@@H]2c2cccs2)C1=O. The highest BCUT2D eigenvalue weighted by Gasteiger charge is 2.57. The molecule has 2 aliphatic rings. The van der Waals surface area contributed by atoms with Crippen molar-refractivity contribution in [1.29, 1.82) is 0 Å². The maximum atomic E-state index is 12.1. The Labute approximate surface area is 103 Å². The van der Waals surface area contributed by atoms with Crippen molar-refractivity contribution in [2.24, 2.45) is 5.92 Å². The topological polar surface area (TPSA) is 49.9 Å². The zero-order valence-electron chi connectivity index (χ0n) is 9.49. The van der Waals surface area contributed by atoms with Crippen molar-refractivity contribution in [3.05, 3.63) is 22.4 Å². The number of thiophene rings is 1. The Balaban J connectivity index is 2.01. The molecule has 0 aromatic carbocycles. The Hall–Kier alpha value is -1.24. The Morgan fingerprint density at radius 2 is 2.06 bits per heavy atom. The fraction of sp³-hybridized carbons (Fsp3) is 0.455. The maximum Gasteiger partial charge on any atom is 0.261 e. The summed E-state index contributed by atoms with van der Waals surface area (Å²) in [7, 11) is 3.28. The highest BCUT2D eigenvalue weighted by molar-refractivity contribution is 7.10. The largest absolute Gasteiger partial charge is 0.284 e. The summed E-state index contributed by atoms with van der Waals surface area (Å²) in [6, 6.07) is 3.75. The van der Waals surface area contributed by atoms with Crippen molar-refractivity contribution in [1.82, 2.24) is 9.96 Å². The molecule has 5 nitrogen and oxygen atoms in total. The van der Waals surface area contributed by atoms with Crippen LogP contribution in [0.15, 0.2) is 17.5 Å². The van der Waals surface area contributed by atoms with Gasteiger partial charge >= 0.3 is 0 Å². The summed E-state index contributed by atoms with van der Waals surface area (Å²) < 4.78 is 0. The molecular weight excluding hydrogens is 240 g/mol. The van der Waals surface area contributed by atoms with Crippen molar-refractivity contribution in [2.45, 2.75) is 12.1 Å². The second-order valence-electron chi connectivity index (χ2n) is 4.29. The molecule has 0 aliphatic carbocycles. The van der Waals surface area contributed by atoms with Gasteiger partial charge in [0.1, 0.15) is 0 Å². The molecule has 17 heavy (non-hydrogen) atoms. The van der Waals surface area contributed by atoms with E-state index in [1.54, 1.807) is 23.4 Å². The molecule has 3 heterocycles. The van der Waals surface area contributed by atoms with Crippen LogP contribution in [0.25, 0.3) is 0 Å². The number of amides is 2. The Bertz CT molecular complexity index is 473. The van der Waals surface area contributed by atoms with Gasteiger partial charge in [0.05, 0.1) is 12.0 Å². The minimum absolute atomic E-state index is 0.150. The molecule has 0 spiro atoms. The smallest absolute Gasteiger partial charge is 0.261 e. The second-order valence-corrected chi connectivity index (χ2v) is 5.27. The molecule has 0 unspecified atom stereocenters. The lowest BCUT2D eigenvalue weighted by Crippen LogP contribution is -2.33. The fourth-order valence-electron chi connectivity index (χ4n) is 2.50. The summed E-state index contributed by atoms with van der Waals surface area (Å²) in [5.41, 5.74) is 0. The first kappa shape index (κ1) is 10.9. The van der Waals surface area contributed by atoms with Crippen molar-refractivity contribution in [2.75, 3.05) is 14.1 Å². The third-order valence-electron chi connectivity index (χ3n) is 3.36. The van der Waals surface area contributed by atoms with Crippen molar-refractivity contribution >= 4 is 23.2 Å². The van der Waals surface area contributed by atoms with Crippen molar-refractivity contribution in [3.63, 3.8) is 0 Å². The van der Waals surface area contributed by atoms with Crippen LogP contribution in [0.5, 0.6) is 0 Å². The quantitative estimate of drug-likeness (QED) is 0.689. The van der Waals surface area contributed by atoms with Gasteiger partial charge in [-0.05, 0) is 11.4 Å². The van der Waals surface area contributed by atoms with Gasteiger partial charge in [-0.2, -0.15) is 5.06 Å². The second kappa shape index (κ2) is 3.63. The molecule has 2 saturated heterocycles. The minimum Gasteiger partial charge on any atom is -0.284 e. The van der Waals surface area contributed by atoms with Gasteiger partial charge in [-0.15, -0.1) is 11.3 Å². The molecule has 0 N–H and O–H groups in total. The summed E-state index contributed by atoms with van der Waals surface area (Å²) in [5, 5.41) is 3.59. The summed E-state index contributed by atoms with van der Waals surface area (Å²) >= 11 is 1.57. The van der Waals surface area contributed by atoms with E-state index in [9.17, 15) is 9.59 Å². The van der Waals surface area contributed by atoms with Gasteiger partial charge in [0, 0.05) is 19.0 Å². The van der Waals surface area contributed by atoms with E-state index in [1.807, 2.05) is 17.5 Å². The highest BCUT2D eigenvalue weighted by atomic mass is 32.1. The first-order valence-corrected chi connectivity index (χ1v) is 6.23. The number of rotatable bonds is 1. The Morgan fingerprint density at radius 3 is 2.71 bits per heavy atom. The number of carbonyl (C=O) groups excluding carboxylic acids is 2. The van der Waals surface area contributed by atoms with Crippen LogP contribution >= 0.6 is 11.3 Å². The van der Waals surface area contributed by atoms with Crippen molar-refractivity contribution in [3.8, 4) is 0 Å². The van der Waals surface area contributed by atoms with Crippen LogP contribution in [0.3, 0.4) is 0 Å². The van der Waals surface area contributed by atoms with E-state index in [2.05, 4.69) is 0 Å². The van der Waals surface area contributed by atoms with Crippen LogP contribution in [0.2, 0.25) is 0 Å². The maximum absolute atomic E-state index is 12.1. The number of carbonyl (C=O) groups is 2. The van der Waals surface area contributed by atoms with Crippen LogP contribution in [0.1, 0.15) is 10.9 Å². The van der Waals surface area contributed by atoms with E-state index in [0.717, 1.165) is 4.88 Å². The number of nitrogens with zero attached hydrogens (tertiary/aromatic N) is 2. The number of hydroxylamine groups is 2. The van der Waals surface area contributed by atoms with Gasteiger partial charge in [-0.3, -0.25) is 19.3 Å². The Kier molecular flexibility index (Phi) is 2.32. The predicted molar refractivity (Wildman–Crippen MR) is 61.0 cm³/mol. The average molecular weight is 252 g/mol. The average Bonchev–Trinajstić information content (AvgIpc) is 2.96. The molecular formula is C11H12N2O3S. The molecule has 3 rings (SSSR count). The number of likely N-dealkylation sites (tertiary alicyclic amines) is 1. The van der Waals surface area contributed by atoms with E-state index in [-0.39, 0.29) is 17.9 Å². The number of imide groups is 1. The van der Waals surface area contributed by atoms with Crippen LogP contribution in [-0.2, 0) is 14.4 Å². The lowest BCUT2D eigenvalue weighted by atomic mass is 9.96. The summed E-state index contributed by atoms with van der Waals surface area (Å²) in [4.78, 5) is 31.6. The first-order chi connectivity index (χ1) is 8.11. The summed E-state index contributed by atoms with van der Waals surface area (Å²) in [6.45, 7) is 0. The molecule has 1 aromatic heterocycles. The third-order valence-corrected chi connectivity index (χ3v) is 4.31. The summed E-state index contributed by atoms with van der Waals surface area (Å²) in [6.07, 6.45) is -0.649. The molecule has 0 saturated carbocycles. The lowest BCUT2D eigenvalue weighted by Gasteiger charge is -2.21. The van der Waals surface area contributed by atoms with E-state index in [4.69, 9.17) is 4.84 Å².